The van der Waals surface area contributed by atoms with Crippen LogP contribution in [0, 0.1) is 0 Å². The molecular weight excluding hydrogens is 239 g/mol. The third-order valence-corrected chi connectivity index (χ3v) is 3.76. The average Bonchev–Trinajstić information content (AvgIpc) is 2.43. The molecule has 1 aromatic rings. The van der Waals surface area contributed by atoms with Crippen molar-refractivity contribution in [3.8, 4) is 5.75 Å². The molecule has 0 unspecified atom stereocenters. The molecule has 1 nitrogen and oxygen atoms in total. The van der Waals surface area contributed by atoms with Crippen LogP contribution in [-0.4, -0.2) is 24.0 Å². The van der Waals surface area contributed by atoms with Gasteiger partial charge in [-0.1, -0.05) is 76.8 Å². The van der Waals surface area contributed by atoms with E-state index in [4.69, 9.17) is 0 Å². The maximum absolute atomic E-state index is 9.20. The summed E-state index contributed by atoms with van der Waals surface area (Å²) in [6, 6.07) is 7.63. The van der Waals surface area contributed by atoms with Crippen LogP contribution in [0.1, 0.15) is 76.7 Å². The molecule has 0 aliphatic heterocycles. The number of benzene rings is 1. The van der Waals surface area contributed by atoms with Crippen molar-refractivity contribution in [3.63, 3.8) is 0 Å². The summed E-state index contributed by atoms with van der Waals surface area (Å²) in [6.45, 7) is 2.27. The monoisotopic (exact) mass is 270 g/mol. The van der Waals surface area contributed by atoms with Crippen molar-refractivity contribution in [3.05, 3.63) is 29.8 Å². The van der Waals surface area contributed by atoms with Crippen molar-refractivity contribution in [2.75, 3.05) is 0 Å². The van der Waals surface area contributed by atoms with Gasteiger partial charge in [0.25, 0.3) is 0 Å². The molecule has 1 aromatic carbocycles. The zero-order chi connectivity index (χ0) is 13.8. The maximum atomic E-state index is 9.20. The van der Waals surface area contributed by atoms with E-state index >= 15 is 0 Å². The number of rotatable bonds is 11. The number of aryl methyl sites for hydroxylation is 1. The molecule has 2 heteroatoms. The third kappa shape index (κ3) is 10.4. The van der Waals surface area contributed by atoms with Gasteiger partial charge in [-0.05, 0) is 30.5 Å². The van der Waals surface area contributed by atoms with E-state index in [1.165, 1.54) is 69.8 Å². The van der Waals surface area contributed by atoms with Crippen LogP contribution < -0.4 is 0 Å². The summed E-state index contributed by atoms with van der Waals surface area (Å²) >= 11 is 0. The van der Waals surface area contributed by atoms with Crippen molar-refractivity contribution in [1.82, 2.24) is 0 Å². The van der Waals surface area contributed by atoms with Crippen LogP contribution in [0.2, 0.25) is 0 Å². The van der Waals surface area contributed by atoms with Crippen molar-refractivity contribution in [2.45, 2.75) is 77.6 Å². The summed E-state index contributed by atoms with van der Waals surface area (Å²) in [7, 11) is 0. The molecule has 0 radical (unpaired) electrons. The normalized spacial score (nSPS) is 10.2. The van der Waals surface area contributed by atoms with Crippen LogP contribution in [0.5, 0.6) is 5.75 Å². The topological polar surface area (TPSA) is 20.2 Å². The fourth-order valence-electron chi connectivity index (χ4n) is 2.48. The van der Waals surface area contributed by atoms with E-state index in [1.807, 2.05) is 12.1 Å². The molecule has 0 atom stereocenters. The van der Waals surface area contributed by atoms with Gasteiger partial charge in [0.1, 0.15) is 5.75 Å². The van der Waals surface area contributed by atoms with E-state index in [-0.39, 0.29) is 18.9 Å². The minimum atomic E-state index is 0. The molecule has 0 heterocycles. The first-order chi connectivity index (χ1) is 9.33. The predicted octanol–water partition coefficient (Wildman–Crippen LogP) is 5.21. The zero-order valence-electron chi connectivity index (χ0n) is 12.5. The fraction of sp³-hybridized carbons (Fsp3) is 0.667. The molecule has 0 amide bonds. The molecule has 0 aliphatic carbocycles. The van der Waals surface area contributed by atoms with Crippen molar-refractivity contribution < 1.29 is 5.11 Å². The zero-order valence-corrected chi connectivity index (χ0v) is 12.5. The molecule has 0 bridgehead atoms. The van der Waals surface area contributed by atoms with Gasteiger partial charge in [-0.2, -0.15) is 0 Å². The number of phenolic OH excluding ortho intramolecular Hbond substituents is 1. The van der Waals surface area contributed by atoms with Gasteiger partial charge in [0.05, 0.1) is 0 Å². The molecule has 0 aromatic heterocycles. The van der Waals surface area contributed by atoms with Crippen LogP contribution in [0.3, 0.4) is 0 Å². The Morgan fingerprint density at radius 3 is 1.65 bits per heavy atom. The molecule has 0 spiro atoms. The van der Waals surface area contributed by atoms with E-state index in [9.17, 15) is 5.11 Å². The summed E-state index contributed by atoms with van der Waals surface area (Å²) in [5.41, 5.74) is 1.34. The number of hydrogen-bond donors (Lipinski definition) is 1. The van der Waals surface area contributed by atoms with Gasteiger partial charge in [0.15, 0.2) is 0 Å². The molecule has 20 heavy (non-hydrogen) atoms. The third-order valence-electron chi connectivity index (χ3n) is 3.76. The number of unbranched alkanes of at least 4 members (excludes halogenated alkanes) is 9. The Labute approximate surface area is 137 Å². The molecule has 0 saturated carbocycles. The Morgan fingerprint density at radius 1 is 0.700 bits per heavy atom. The summed E-state index contributed by atoms with van der Waals surface area (Å²) < 4.78 is 0. The Morgan fingerprint density at radius 2 is 1.15 bits per heavy atom. The average molecular weight is 270 g/mol. The molecule has 0 fully saturated rings. The summed E-state index contributed by atoms with van der Waals surface area (Å²) in [5.74, 6) is 0.367. The van der Waals surface area contributed by atoms with Gasteiger partial charge >= 0.3 is 18.9 Å². The number of phenols is 1. The van der Waals surface area contributed by atoms with Gasteiger partial charge in [-0.15, -0.1) is 0 Å². The van der Waals surface area contributed by atoms with Gasteiger partial charge in [-0.3, -0.25) is 0 Å². The van der Waals surface area contributed by atoms with E-state index in [2.05, 4.69) is 6.92 Å². The Balaban J connectivity index is 0.00000361. The van der Waals surface area contributed by atoms with Crippen molar-refractivity contribution in [2.24, 2.45) is 0 Å². The second-order valence-corrected chi connectivity index (χ2v) is 5.60. The van der Waals surface area contributed by atoms with Crippen LogP contribution >= 0.6 is 0 Å². The molecule has 0 saturated heterocycles. The Kier molecular flexibility index (Phi) is 13.3. The Bertz CT molecular complexity index is 308. The molecule has 1 N–H and O–H groups in total. The second-order valence-electron chi connectivity index (χ2n) is 5.60. The first-order valence-corrected chi connectivity index (χ1v) is 8.11. The van der Waals surface area contributed by atoms with Gasteiger partial charge < -0.3 is 5.11 Å². The molecule has 0 aliphatic rings. The SMILES string of the molecule is CCCCCCCCCCCCc1ccc(O)cc1.[LiH]. The van der Waals surface area contributed by atoms with Crippen molar-refractivity contribution in [1.29, 1.82) is 0 Å². The standard InChI is InChI=1S/C18H30O.Li.H/c1-2-3-4-5-6-7-8-9-10-11-12-17-13-15-18(19)16-14-17;;/h13-16,19H,2-12H2,1H3;;. The van der Waals surface area contributed by atoms with Crippen LogP contribution in [0.15, 0.2) is 24.3 Å². The quantitative estimate of drug-likeness (QED) is 0.432. The Hall–Kier alpha value is -0.383. The number of aromatic hydroxyl groups is 1. The summed E-state index contributed by atoms with van der Waals surface area (Å²) in [5, 5.41) is 9.20. The van der Waals surface area contributed by atoms with Crippen LogP contribution in [-0.2, 0) is 6.42 Å². The van der Waals surface area contributed by atoms with Gasteiger partial charge in [-0.25, -0.2) is 0 Å². The van der Waals surface area contributed by atoms with Gasteiger partial charge in [0, 0.05) is 0 Å². The fourth-order valence-corrected chi connectivity index (χ4v) is 2.48. The van der Waals surface area contributed by atoms with Crippen LogP contribution in [0.4, 0.5) is 0 Å². The first kappa shape index (κ1) is 19.6. The van der Waals surface area contributed by atoms with E-state index in [0.717, 1.165) is 6.42 Å². The predicted molar refractivity (Wildman–Crippen MR) is 90.8 cm³/mol. The second kappa shape index (κ2) is 13.6. The summed E-state index contributed by atoms with van der Waals surface area (Å²) in [6.07, 6.45) is 15.0. The van der Waals surface area contributed by atoms with Crippen LogP contribution in [0.25, 0.3) is 0 Å². The first-order valence-electron chi connectivity index (χ1n) is 8.11. The van der Waals surface area contributed by atoms with E-state index < -0.39 is 0 Å². The van der Waals surface area contributed by atoms with E-state index in [1.54, 1.807) is 12.1 Å². The molecular formula is C18H31LiO. The van der Waals surface area contributed by atoms with Crippen molar-refractivity contribution >= 4 is 18.9 Å². The van der Waals surface area contributed by atoms with Gasteiger partial charge in [0.2, 0.25) is 0 Å². The molecule has 110 valence electrons. The summed E-state index contributed by atoms with van der Waals surface area (Å²) in [4.78, 5) is 0. The molecule has 1 rings (SSSR count). The number of hydrogen-bond acceptors (Lipinski definition) is 1. The minimum absolute atomic E-state index is 0. The van der Waals surface area contributed by atoms with E-state index in [0.29, 0.717) is 5.75 Å².